The molecule has 0 spiro atoms. The van der Waals surface area contributed by atoms with Crippen molar-refractivity contribution in [1.29, 1.82) is 0 Å². The predicted octanol–water partition coefficient (Wildman–Crippen LogP) is 3.45. The molecular weight excluding hydrogens is 349 g/mol. The fraction of sp³-hybridized carbons (Fsp3) is 0.222. The van der Waals surface area contributed by atoms with Crippen LogP contribution in [0.2, 0.25) is 5.02 Å². The highest BCUT2D eigenvalue weighted by atomic mass is 35.5. The van der Waals surface area contributed by atoms with Gasteiger partial charge < -0.3 is 9.47 Å². The van der Waals surface area contributed by atoms with Crippen molar-refractivity contribution in [2.24, 2.45) is 0 Å². The van der Waals surface area contributed by atoms with E-state index < -0.39 is 17.7 Å². The lowest BCUT2D eigenvalue weighted by Gasteiger charge is -2.22. The van der Waals surface area contributed by atoms with Crippen LogP contribution in [0, 0.1) is 5.82 Å². The lowest BCUT2D eigenvalue weighted by Crippen LogP contribution is -2.39. The molecule has 0 bridgehead atoms. The van der Waals surface area contributed by atoms with Crippen LogP contribution in [0.4, 0.5) is 10.1 Å². The number of carbonyl (C=O) groups excluding carboxylic acids is 2. The van der Waals surface area contributed by atoms with Gasteiger partial charge in [0, 0.05) is 5.69 Å². The van der Waals surface area contributed by atoms with E-state index in [0.29, 0.717) is 5.69 Å². The number of esters is 1. The smallest absolute Gasteiger partial charge is 0.326 e. The van der Waals surface area contributed by atoms with Crippen LogP contribution in [-0.2, 0) is 14.3 Å². The minimum Gasteiger partial charge on any atom is -0.482 e. The first-order valence-corrected chi connectivity index (χ1v) is 7.98. The van der Waals surface area contributed by atoms with Gasteiger partial charge in [0.25, 0.3) is 5.91 Å². The minimum atomic E-state index is -0.528. The molecule has 132 valence electrons. The first-order chi connectivity index (χ1) is 12.0. The maximum atomic E-state index is 13.0. The summed E-state index contributed by atoms with van der Waals surface area (Å²) in [6, 6.07) is 12.3. The summed E-state index contributed by atoms with van der Waals surface area (Å²) in [4.78, 5) is 25.5. The van der Waals surface area contributed by atoms with E-state index in [4.69, 9.17) is 21.1 Å². The summed E-state index contributed by atoms with van der Waals surface area (Å²) in [5.74, 6) is -1.31. The zero-order valence-electron chi connectivity index (χ0n) is 13.6. The number of anilines is 1. The molecule has 0 aliphatic carbocycles. The average Bonchev–Trinajstić information content (AvgIpc) is 2.59. The number of halogens is 2. The average molecular weight is 366 g/mol. The molecule has 2 rings (SSSR count). The summed E-state index contributed by atoms with van der Waals surface area (Å²) in [5, 5.41) is 0.0597. The largest absolute Gasteiger partial charge is 0.482 e. The Balaban J connectivity index is 2.10. The molecule has 2 aromatic rings. The third-order valence-electron chi connectivity index (χ3n) is 3.21. The van der Waals surface area contributed by atoms with Gasteiger partial charge >= 0.3 is 5.97 Å². The quantitative estimate of drug-likeness (QED) is 0.705. The topological polar surface area (TPSA) is 55.8 Å². The Morgan fingerprint density at radius 2 is 1.88 bits per heavy atom. The van der Waals surface area contributed by atoms with Gasteiger partial charge in [-0.15, -0.1) is 0 Å². The van der Waals surface area contributed by atoms with E-state index in [1.54, 1.807) is 37.3 Å². The number of hydrogen-bond donors (Lipinski definition) is 0. The molecule has 0 aromatic heterocycles. The summed E-state index contributed by atoms with van der Waals surface area (Å²) in [7, 11) is 0. The van der Waals surface area contributed by atoms with Crippen molar-refractivity contribution in [2.45, 2.75) is 6.92 Å². The molecule has 0 saturated carbocycles. The second-order valence-corrected chi connectivity index (χ2v) is 5.39. The highest BCUT2D eigenvalue weighted by Gasteiger charge is 2.20. The molecule has 0 aliphatic heterocycles. The Morgan fingerprint density at radius 1 is 1.16 bits per heavy atom. The molecular formula is C18H17ClFNO4. The fourth-order valence-corrected chi connectivity index (χ4v) is 2.30. The highest BCUT2D eigenvalue weighted by molar-refractivity contribution is 6.32. The summed E-state index contributed by atoms with van der Waals surface area (Å²) in [6.45, 7) is 1.31. The number of hydrogen-bond acceptors (Lipinski definition) is 4. The summed E-state index contributed by atoms with van der Waals surface area (Å²) >= 11 is 5.87. The zero-order chi connectivity index (χ0) is 18.2. The first-order valence-electron chi connectivity index (χ1n) is 7.60. The monoisotopic (exact) mass is 365 g/mol. The third kappa shape index (κ3) is 5.46. The number of amides is 1. The molecule has 5 nitrogen and oxygen atoms in total. The Bertz CT molecular complexity index is 739. The normalized spacial score (nSPS) is 10.2. The summed E-state index contributed by atoms with van der Waals surface area (Å²) in [6.07, 6.45) is 0. The Hall–Kier alpha value is -2.60. The van der Waals surface area contributed by atoms with Crippen molar-refractivity contribution in [2.75, 3.05) is 24.7 Å². The maximum Gasteiger partial charge on any atom is 0.326 e. The Kier molecular flexibility index (Phi) is 6.77. The summed E-state index contributed by atoms with van der Waals surface area (Å²) < 4.78 is 23.3. The Morgan fingerprint density at radius 3 is 2.52 bits per heavy atom. The van der Waals surface area contributed by atoms with Gasteiger partial charge in [-0.1, -0.05) is 29.8 Å². The van der Waals surface area contributed by atoms with Crippen LogP contribution in [-0.4, -0.2) is 31.6 Å². The SMILES string of the molecule is CCOC(=O)CN(C(=O)COc1ccc(F)cc1Cl)c1ccccc1. The zero-order valence-corrected chi connectivity index (χ0v) is 14.3. The minimum absolute atomic E-state index is 0.0597. The van der Waals surface area contributed by atoms with Crippen LogP contribution in [0.15, 0.2) is 48.5 Å². The molecule has 0 radical (unpaired) electrons. The van der Waals surface area contributed by atoms with Gasteiger partial charge in [-0.25, -0.2) is 4.39 Å². The van der Waals surface area contributed by atoms with Gasteiger partial charge in [0.1, 0.15) is 18.1 Å². The number of rotatable bonds is 7. The fourth-order valence-electron chi connectivity index (χ4n) is 2.08. The van der Waals surface area contributed by atoms with E-state index in [1.807, 2.05) is 0 Å². The van der Waals surface area contributed by atoms with Crippen molar-refractivity contribution in [3.8, 4) is 5.75 Å². The Labute approximate surface area is 149 Å². The standard InChI is InChI=1S/C18H17ClFNO4/c1-2-24-18(23)11-21(14-6-4-3-5-7-14)17(22)12-25-16-9-8-13(20)10-15(16)19/h3-10H,2,11-12H2,1H3. The van der Waals surface area contributed by atoms with Gasteiger partial charge in [-0.05, 0) is 37.3 Å². The van der Waals surface area contributed by atoms with Gasteiger partial charge in [0.15, 0.2) is 6.61 Å². The van der Waals surface area contributed by atoms with Gasteiger partial charge in [-0.2, -0.15) is 0 Å². The van der Waals surface area contributed by atoms with E-state index in [9.17, 15) is 14.0 Å². The van der Waals surface area contributed by atoms with Crippen LogP contribution >= 0.6 is 11.6 Å². The van der Waals surface area contributed by atoms with E-state index in [1.165, 1.54) is 17.0 Å². The number of nitrogens with zero attached hydrogens (tertiary/aromatic N) is 1. The highest BCUT2D eigenvalue weighted by Crippen LogP contribution is 2.25. The van der Waals surface area contributed by atoms with Crippen molar-refractivity contribution < 1.29 is 23.5 Å². The number of benzene rings is 2. The molecule has 0 fully saturated rings. The lowest BCUT2D eigenvalue weighted by atomic mass is 10.3. The molecule has 0 saturated heterocycles. The molecule has 0 N–H and O–H groups in total. The number of carbonyl (C=O) groups is 2. The van der Waals surface area contributed by atoms with E-state index in [2.05, 4.69) is 0 Å². The molecule has 25 heavy (non-hydrogen) atoms. The van der Waals surface area contributed by atoms with Crippen molar-refractivity contribution in [3.05, 3.63) is 59.4 Å². The van der Waals surface area contributed by atoms with Crippen molar-refractivity contribution in [3.63, 3.8) is 0 Å². The van der Waals surface area contributed by atoms with Crippen molar-refractivity contribution >= 4 is 29.2 Å². The molecule has 0 heterocycles. The molecule has 0 atom stereocenters. The first kappa shape index (κ1) is 18.7. The molecule has 7 heteroatoms. The van der Waals surface area contributed by atoms with Gasteiger partial charge in [0.05, 0.1) is 11.6 Å². The van der Waals surface area contributed by atoms with Crippen LogP contribution < -0.4 is 9.64 Å². The van der Waals surface area contributed by atoms with Gasteiger partial charge in [0.2, 0.25) is 0 Å². The molecule has 2 aromatic carbocycles. The van der Waals surface area contributed by atoms with E-state index in [-0.39, 0.29) is 30.5 Å². The second kappa shape index (κ2) is 9.03. The summed E-state index contributed by atoms with van der Waals surface area (Å²) in [5.41, 5.74) is 0.536. The third-order valence-corrected chi connectivity index (χ3v) is 3.50. The van der Waals surface area contributed by atoms with Gasteiger partial charge in [-0.3, -0.25) is 14.5 Å². The van der Waals surface area contributed by atoms with Crippen LogP contribution in [0.5, 0.6) is 5.75 Å². The predicted molar refractivity (Wildman–Crippen MR) is 92.3 cm³/mol. The van der Waals surface area contributed by atoms with Crippen molar-refractivity contribution in [1.82, 2.24) is 0 Å². The molecule has 0 unspecified atom stereocenters. The van der Waals surface area contributed by atoms with E-state index >= 15 is 0 Å². The lowest BCUT2D eigenvalue weighted by molar-refractivity contribution is -0.142. The van der Waals surface area contributed by atoms with E-state index in [0.717, 1.165) is 6.07 Å². The van der Waals surface area contributed by atoms with Crippen LogP contribution in [0.25, 0.3) is 0 Å². The van der Waals surface area contributed by atoms with Crippen LogP contribution in [0.1, 0.15) is 6.92 Å². The maximum absolute atomic E-state index is 13.0. The molecule has 0 aliphatic rings. The number of para-hydroxylation sites is 1. The van der Waals surface area contributed by atoms with Crippen LogP contribution in [0.3, 0.4) is 0 Å². The molecule has 1 amide bonds. The second-order valence-electron chi connectivity index (χ2n) is 4.98. The number of ether oxygens (including phenoxy) is 2.